The van der Waals surface area contributed by atoms with E-state index >= 15 is 0 Å². The summed E-state index contributed by atoms with van der Waals surface area (Å²) in [6.45, 7) is 1.94. The normalized spacial score (nSPS) is 25.0. The SMILES string of the molecule is CC1([C@H](N)C(=O)O)CCC1. The second kappa shape index (κ2) is 2.23. The van der Waals surface area contributed by atoms with Crippen molar-refractivity contribution in [2.24, 2.45) is 11.1 Å². The third-order valence-electron chi connectivity index (χ3n) is 2.51. The first-order valence-corrected chi connectivity index (χ1v) is 3.55. The first kappa shape index (κ1) is 7.54. The van der Waals surface area contributed by atoms with Gasteiger partial charge in [0.15, 0.2) is 0 Å². The Morgan fingerprint density at radius 3 is 2.30 bits per heavy atom. The van der Waals surface area contributed by atoms with Gasteiger partial charge in [-0.3, -0.25) is 4.79 Å². The van der Waals surface area contributed by atoms with E-state index in [2.05, 4.69) is 0 Å². The third-order valence-corrected chi connectivity index (χ3v) is 2.51. The summed E-state index contributed by atoms with van der Waals surface area (Å²) in [7, 11) is 0. The first-order chi connectivity index (χ1) is 4.56. The number of carbonyl (C=O) groups is 1. The maximum Gasteiger partial charge on any atom is 0.321 e. The minimum Gasteiger partial charge on any atom is -0.480 e. The molecule has 0 aromatic rings. The summed E-state index contributed by atoms with van der Waals surface area (Å²) in [5.74, 6) is -0.873. The van der Waals surface area contributed by atoms with E-state index in [4.69, 9.17) is 10.8 Å². The first-order valence-electron chi connectivity index (χ1n) is 3.55. The van der Waals surface area contributed by atoms with Gasteiger partial charge in [0.05, 0.1) is 0 Å². The van der Waals surface area contributed by atoms with E-state index < -0.39 is 12.0 Å². The number of aliphatic carboxylic acids is 1. The van der Waals surface area contributed by atoms with Crippen LogP contribution < -0.4 is 5.73 Å². The molecule has 1 fully saturated rings. The molecule has 0 bridgehead atoms. The standard InChI is InChI=1S/C7H13NO2/c1-7(3-2-4-7)5(8)6(9)10/h5H,2-4,8H2,1H3,(H,9,10)/t5-/m1/s1. The number of carboxylic acid groups (broad SMARTS) is 1. The van der Waals surface area contributed by atoms with Crippen molar-refractivity contribution in [3.63, 3.8) is 0 Å². The van der Waals surface area contributed by atoms with Gasteiger partial charge in [-0.25, -0.2) is 0 Å². The van der Waals surface area contributed by atoms with Gasteiger partial charge in [-0.2, -0.15) is 0 Å². The maximum absolute atomic E-state index is 10.4. The molecule has 0 aromatic carbocycles. The zero-order chi connectivity index (χ0) is 7.78. The highest BCUT2D eigenvalue weighted by atomic mass is 16.4. The van der Waals surface area contributed by atoms with Crippen molar-refractivity contribution in [3.05, 3.63) is 0 Å². The van der Waals surface area contributed by atoms with Gasteiger partial charge >= 0.3 is 5.97 Å². The van der Waals surface area contributed by atoms with Gasteiger partial charge in [0.25, 0.3) is 0 Å². The molecule has 1 rings (SSSR count). The number of hydrogen-bond donors (Lipinski definition) is 2. The lowest BCUT2D eigenvalue weighted by molar-refractivity contribution is -0.143. The van der Waals surface area contributed by atoms with Crippen molar-refractivity contribution < 1.29 is 9.90 Å². The Morgan fingerprint density at radius 1 is 1.70 bits per heavy atom. The van der Waals surface area contributed by atoms with Gasteiger partial charge in [0, 0.05) is 0 Å². The van der Waals surface area contributed by atoms with Gasteiger partial charge in [0.1, 0.15) is 6.04 Å². The van der Waals surface area contributed by atoms with E-state index in [-0.39, 0.29) is 5.41 Å². The fourth-order valence-corrected chi connectivity index (χ4v) is 1.34. The van der Waals surface area contributed by atoms with Crippen molar-refractivity contribution in [2.45, 2.75) is 32.2 Å². The lowest BCUT2D eigenvalue weighted by Crippen LogP contribution is -2.49. The molecule has 1 saturated carbocycles. The fourth-order valence-electron chi connectivity index (χ4n) is 1.34. The second-order valence-corrected chi connectivity index (χ2v) is 3.32. The highest BCUT2D eigenvalue weighted by Gasteiger charge is 2.41. The van der Waals surface area contributed by atoms with E-state index in [9.17, 15) is 4.79 Å². The van der Waals surface area contributed by atoms with Crippen LogP contribution in [-0.2, 0) is 4.79 Å². The minimum absolute atomic E-state index is 0.119. The van der Waals surface area contributed by atoms with Crippen molar-refractivity contribution in [1.82, 2.24) is 0 Å². The second-order valence-electron chi connectivity index (χ2n) is 3.32. The molecule has 10 heavy (non-hydrogen) atoms. The van der Waals surface area contributed by atoms with Crippen LogP contribution in [0.3, 0.4) is 0 Å². The van der Waals surface area contributed by atoms with Crippen LogP contribution in [0.2, 0.25) is 0 Å². The average Bonchev–Trinajstić information content (AvgIpc) is 1.81. The predicted octanol–water partition coefficient (Wildman–Crippen LogP) is 0.588. The zero-order valence-corrected chi connectivity index (χ0v) is 6.13. The average molecular weight is 143 g/mol. The van der Waals surface area contributed by atoms with Crippen molar-refractivity contribution in [1.29, 1.82) is 0 Å². The van der Waals surface area contributed by atoms with Gasteiger partial charge < -0.3 is 10.8 Å². The summed E-state index contributed by atoms with van der Waals surface area (Å²) in [6.07, 6.45) is 3.04. The minimum atomic E-state index is -0.873. The zero-order valence-electron chi connectivity index (χ0n) is 6.13. The third kappa shape index (κ3) is 1.01. The van der Waals surface area contributed by atoms with Gasteiger partial charge in [-0.1, -0.05) is 13.3 Å². The molecule has 58 valence electrons. The largest absolute Gasteiger partial charge is 0.480 e. The molecule has 0 radical (unpaired) electrons. The Bertz CT molecular complexity index is 152. The molecule has 1 aliphatic carbocycles. The van der Waals surface area contributed by atoms with E-state index in [1.54, 1.807) is 0 Å². The fraction of sp³-hybridized carbons (Fsp3) is 0.857. The van der Waals surface area contributed by atoms with Gasteiger partial charge in [-0.05, 0) is 18.3 Å². The van der Waals surface area contributed by atoms with Crippen LogP contribution in [0.25, 0.3) is 0 Å². The summed E-state index contributed by atoms with van der Waals surface area (Å²) in [5.41, 5.74) is 5.34. The molecule has 0 heterocycles. The molecule has 0 spiro atoms. The Morgan fingerprint density at radius 2 is 2.20 bits per heavy atom. The Labute approximate surface area is 60.2 Å². The van der Waals surface area contributed by atoms with Crippen LogP contribution >= 0.6 is 0 Å². The van der Waals surface area contributed by atoms with Crippen LogP contribution in [0.5, 0.6) is 0 Å². The lowest BCUT2D eigenvalue weighted by Gasteiger charge is -2.41. The maximum atomic E-state index is 10.4. The molecule has 3 heteroatoms. The van der Waals surface area contributed by atoms with Crippen LogP contribution in [0.15, 0.2) is 0 Å². The summed E-state index contributed by atoms with van der Waals surface area (Å²) in [5, 5.41) is 8.56. The topological polar surface area (TPSA) is 63.3 Å². The molecule has 0 aliphatic heterocycles. The Hall–Kier alpha value is -0.570. The summed E-state index contributed by atoms with van der Waals surface area (Å²) in [4.78, 5) is 10.4. The highest BCUT2D eigenvalue weighted by molar-refractivity contribution is 5.74. The lowest BCUT2D eigenvalue weighted by atomic mass is 9.66. The monoisotopic (exact) mass is 143 g/mol. The quantitative estimate of drug-likeness (QED) is 0.594. The van der Waals surface area contributed by atoms with Gasteiger partial charge in [-0.15, -0.1) is 0 Å². The summed E-state index contributed by atoms with van der Waals surface area (Å²) < 4.78 is 0. The molecule has 3 N–H and O–H groups in total. The van der Waals surface area contributed by atoms with Crippen molar-refractivity contribution in [2.75, 3.05) is 0 Å². The number of rotatable bonds is 2. The molecular formula is C7H13NO2. The molecule has 3 nitrogen and oxygen atoms in total. The smallest absolute Gasteiger partial charge is 0.321 e. The molecule has 0 aromatic heterocycles. The van der Waals surface area contributed by atoms with E-state index in [0.717, 1.165) is 19.3 Å². The molecule has 0 saturated heterocycles. The summed E-state index contributed by atoms with van der Waals surface area (Å²) >= 11 is 0. The molecule has 0 amide bonds. The van der Waals surface area contributed by atoms with Crippen LogP contribution in [-0.4, -0.2) is 17.1 Å². The Balaban J connectivity index is 2.54. The molecule has 1 aliphatic rings. The molecule has 0 unspecified atom stereocenters. The van der Waals surface area contributed by atoms with E-state index in [0.29, 0.717) is 0 Å². The van der Waals surface area contributed by atoms with Gasteiger partial charge in [0.2, 0.25) is 0 Å². The molecule has 1 atom stereocenters. The van der Waals surface area contributed by atoms with E-state index in [1.165, 1.54) is 0 Å². The van der Waals surface area contributed by atoms with Crippen LogP contribution in [0, 0.1) is 5.41 Å². The van der Waals surface area contributed by atoms with Crippen molar-refractivity contribution in [3.8, 4) is 0 Å². The number of carboxylic acids is 1. The van der Waals surface area contributed by atoms with Crippen molar-refractivity contribution >= 4 is 5.97 Å². The summed E-state index contributed by atoms with van der Waals surface area (Å²) in [6, 6.07) is -0.666. The van der Waals surface area contributed by atoms with Crippen LogP contribution in [0.1, 0.15) is 26.2 Å². The number of nitrogens with two attached hydrogens (primary N) is 1. The number of hydrogen-bond acceptors (Lipinski definition) is 2. The predicted molar refractivity (Wildman–Crippen MR) is 37.6 cm³/mol. The Kier molecular flexibility index (Phi) is 1.68. The van der Waals surface area contributed by atoms with E-state index in [1.807, 2.05) is 6.92 Å². The van der Waals surface area contributed by atoms with Crippen LogP contribution in [0.4, 0.5) is 0 Å². The molecular weight excluding hydrogens is 130 g/mol. The highest BCUT2D eigenvalue weighted by Crippen LogP contribution is 2.42.